The molecule has 0 aromatic heterocycles. The molecule has 4 rings (SSSR count). The summed E-state index contributed by atoms with van der Waals surface area (Å²) in [4.78, 5) is 26.4. The summed E-state index contributed by atoms with van der Waals surface area (Å²) in [6, 6.07) is 2.21. The van der Waals surface area contributed by atoms with Gasteiger partial charge in [-0.25, -0.2) is 26.8 Å². The van der Waals surface area contributed by atoms with Crippen molar-refractivity contribution in [2.24, 2.45) is 11.8 Å². The highest BCUT2D eigenvalue weighted by molar-refractivity contribution is 7.92. The summed E-state index contributed by atoms with van der Waals surface area (Å²) in [6.45, 7) is 2.77. The SMILES string of the molecule is CCOC(=O)NC[C@H]1CN(c2cc(F)c(N3CCC(C4CS(=O)(=O)C4)CC3)c(F)c2)C(=O)O1. The van der Waals surface area contributed by atoms with E-state index in [1.807, 2.05) is 0 Å². The number of sulfone groups is 1. The highest BCUT2D eigenvalue weighted by atomic mass is 32.2. The lowest BCUT2D eigenvalue weighted by atomic mass is 9.86. The van der Waals surface area contributed by atoms with E-state index < -0.39 is 39.8 Å². The van der Waals surface area contributed by atoms with E-state index in [1.165, 1.54) is 0 Å². The van der Waals surface area contributed by atoms with Crippen LogP contribution >= 0.6 is 0 Å². The van der Waals surface area contributed by atoms with Gasteiger partial charge in [0.1, 0.15) is 11.8 Å². The van der Waals surface area contributed by atoms with Gasteiger partial charge in [0.25, 0.3) is 0 Å². The van der Waals surface area contributed by atoms with Gasteiger partial charge >= 0.3 is 12.2 Å². The van der Waals surface area contributed by atoms with Crippen LogP contribution in [-0.4, -0.2) is 71.0 Å². The van der Waals surface area contributed by atoms with E-state index >= 15 is 0 Å². The van der Waals surface area contributed by atoms with E-state index in [2.05, 4.69) is 5.32 Å². The van der Waals surface area contributed by atoms with Crippen LogP contribution in [0.25, 0.3) is 0 Å². The molecule has 182 valence electrons. The van der Waals surface area contributed by atoms with Crippen molar-refractivity contribution in [2.75, 3.05) is 54.1 Å². The van der Waals surface area contributed by atoms with Crippen LogP contribution in [0.1, 0.15) is 19.8 Å². The molecule has 9 nitrogen and oxygen atoms in total. The maximum atomic E-state index is 14.9. The lowest BCUT2D eigenvalue weighted by molar-refractivity contribution is 0.127. The second kappa shape index (κ2) is 9.32. The maximum absolute atomic E-state index is 14.9. The van der Waals surface area contributed by atoms with Crippen molar-refractivity contribution in [1.29, 1.82) is 0 Å². The van der Waals surface area contributed by atoms with Crippen LogP contribution in [0.5, 0.6) is 0 Å². The normalized spacial score (nSPS) is 23.2. The Balaban J connectivity index is 1.37. The van der Waals surface area contributed by atoms with Crippen molar-refractivity contribution in [2.45, 2.75) is 25.9 Å². The molecule has 0 unspecified atom stereocenters. The summed E-state index contributed by atoms with van der Waals surface area (Å²) in [6.07, 6.45) is -0.727. The molecule has 3 heterocycles. The van der Waals surface area contributed by atoms with Crippen LogP contribution in [0, 0.1) is 23.5 Å². The van der Waals surface area contributed by atoms with Crippen molar-refractivity contribution >= 4 is 33.4 Å². The number of ether oxygens (including phenoxy) is 2. The summed E-state index contributed by atoms with van der Waals surface area (Å²) < 4.78 is 62.6. The lowest BCUT2D eigenvalue weighted by Crippen LogP contribution is -2.46. The Hall–Kier alpha value is -2.63. The van der Waals surface area contributed by atoms with Gasteiger partial charge in [0.15, 0.2) is 21.5 Å². The van der Waals surface area contributed by atoms with Crippen molar-refractivity contribution in [3.8, 4) is 0 Å². The van der Waals surface area contributed by atoms with E-state index in [0.29, 0.717) is 25.9 Å². The van der Waals surface area contributed by atoms with Gasteiger partial charge < -0.3 is 19.7 Å². The van der Waals surface area contributed by atoms with Crippen molar-refractivity contribution in [3.05, 3.63) is 23.8 Å². The Kier molecular flexibility index (Phi) is 6.64. The summed E-state index contributed by atoms with van der Waals surface area (Å²) in [5.41, 5.74) is -0.113. The Labute approximate surface area is 190 Å². The molecule has 3 aliphatic rings. The van der Waals surface area contributed by atoms with Crippen molar-refractivity contribution in [1.82, 2.24) is 5.32 Å². The van der Waals surface area contributed by atoms with Gasteiger partial charge in [-0.2, -0.15) is 0 Å². The van der Waals surface area contributed by atoms with Crippen molar-refractivity contribution in [3.63, 3.8) is 0 Å². The largest absolute Gasteiger partial charge is 0.450 e. The van der Waals surface area contributed by atoms with Gasteiger partial charge in [0.05, 0.1) is 36.9 Å². The molecule has 3 saturated heterocycles. The molecule has 3 aliphatic heterocycles. The second-order valence-electron chi connectivity index (χ2n) is 8.64. The fourth-order valence-corrected chi connectivity index (χ4v) is 6.45. The van der Waals surface area contributed by atoms with Gasteiger partial charge in [-0.05, 0) is 31.6 Å². The first kappa shape index (κ1) is 23.5. The number of carbonyl (C=O) groups is 2. The van der Waals surface area contributed by atoms with E-state index in [0.717, 1.165) is 17.0 Å². The van der Waals surface area contributed by atoms with Gasteiger partial charge in [0.2, 0.25) is 0 Å². The quantitative estimate of drug-likeness (QED) is 0.656. The highest BCUT2D eigenvalue weighted by Gasteiger charge is 2.40. The van der Waals surface area contributed by atoms with Crippen LogP contribution in [0.15, 0.2) is 12.1 Å². The van der Waals surface area contributed by atoms with E-state index in [9.17, 15) is 26.8 Å². The first-order chi connectivity index (χ1) is 15.7. The first-order valence-electron chi connectivity index (χ1n) is 11.0. The van der Waals surface area contributed by atoms with Crippen molar-refractivity contribution < 1.29 is 36.3 Å². The minimum atomic E-state index is -2.89. The number of cyclic esters (lactones) is 1. The third kappa shape index (κ3) is 5.15. The number of halogens is 2. The number of hydrogen-bond acceptors (Lipinski definition) is 7. The molecule has 33 heavy (non-hydrogen) atoms. The molecule has 0 saturated carbocycles. The summed E-state index contributed by atoms with van der Waals surface area (Å²) in [5, 5.41) is 2.46. The number of rotatable bonds is 6. The number of piperidine rings is 1. The number of benzene rings is 1. The third-order valence-corrected chi connectivity index (χ3v) is 8.27. The Morgan fingerprint density at radius 3 is 2.39 bits per heavy atom. The summed E-state index contributed by atoms with van der Waals surface area (Å²) >= 11 is 0. The van der Waals surface area contributed by atoms with Gasteiger partial charge in [-0.3, -0.25) is 4.90 Å². The van der Waals surface area contributed by atoms with E-state index in [4.69, 9.17) is 9.47 Å². The molecule has 3 fully saturated rings. The zero-order valence-corrected chi connectivity index (χ0v) is 19.1. The molecule has 1 aromatic rings. The maximum Gasteiger partial charge on any atom is 0.414 e. The Morgan fingerprint density at radius 1 is 1.18 bits per heavy atom. The van der Waals surface area contributed by atoms with E-state index in [-0.39, 0.29) is 54.4 Å². The molecule has 0 spiro atoms. The van der Waals surface area contributed by atoms with Crippen LogP contribution < -0.4 is 15.1 Å². The van der Waals surface area contributed by atoms with Gasteiger partial charge in [0, 0.05) is 25.2 Å². The third-order valence-electron chi connectivity index (χ3n) is 6.40. The predicted octanol–water partition coefficient (Wildman–Crippen LogP) is 2.30. The number of carbonyl (C=O) groups excluding carboxylic acids is 2. The molecule has 0 aliphatic carbocycles. The van der Waals surface area contributed by atoms with Crippen LogP contribution in [0.4, 0.5) is 29.7 Å². The first-order valence-corrected chi connectivity index (χ1v) is 12.8. The molecular weight excluding hydrogens is 460 g/mol. The van der Waals surface area contributed by atoms with Gasteiger partial charge in [-0.1, -0.05) is 0 Å². The number of amides is 2. The molecule has 2 amide bonds. The average molecular weight is 488 g/mol. The molecule has 0 radical (unpaired) electrons. The molecular formula is C21H27F2N3O6S. The Morgan fingerprint density at radius 2 is 1.82 bits per heavy atom. The number of anilines is 2. The number of nitrogens with zero attached hydrogens (tertiary/aromatic N) is 2. The highest BCUT2D eigenvalue weighted by Crippen LogP contribution is 2.37. The Bertz CT molecular complexity index is 994. The van der Waals surface area contributed by atoms with Crippen LogP contribution in [0.2, 0.25) is 0 Å². The molecule has 1 N–H and O–H groups in total. The fraction of sp³-hybridized carbons (Fsp3) is 0.619. The summed E-state index contributed by atoms with van der Waals surface area (Å²) in [5.74, 6) is -0.767. The summed E-state index contributed by atoms with van der Waals surface area (Å²) in [7, 11) is -2.89. The average Bonchev–Trinajstić information content (AvgIpc) is 3.11. The molecule has 0 bridgehead atoms. The van der Waals surface area contributed by atoms with Crippen LogP contribution in [0.3, 0.4) is 0 Å². The van der Waals surface area contributed by atoms with E-state index in [1.54, 1.807) is 11.8 Å². The van der Waals surface area contributed by atoms with Gasteiger partial charge in [-0.15, -0.1) is 0 Å². The molecule has 12 heteroatoms. The minimum Gasteiger partial charge on any atom is -0.450 e. The monoisotopic (exact) mass is 487 g/mol. The smallest absolute Gasteiger partial charge is 0.414 e. The van der Waals surface area contributed by atoms with Crippen LogP contribution in [-0.2, 0) is 19.3 Å². The number of alkyl carbamates (subject to hydrolysis) is 1. The molecule has 1 aromatic carbocycles. The zero-order chi connectivity index (χ0) is 23.8. The molecule has 1 atom stereocenters. The predicted molar refractivity (Wildman–Crippen MR) is 116 cm³/mol. The fourth-order valence-electron chi connectivity index (χ4n) is 4.70. The zero-order valence-electron chi connectivity index (χ0n) is 18.3. The number of hydrogen-bond donors (Lipinski definition) is 1. The standard InChI is InChI=1S/C21H27F2N3O6S/c1-2-31-20(27)24-9-16-10-26(21(28)32-16)15-7-17(22)19(18(23)8-15)25-5-3-13(4-6-25)14-11-33(29,30)12-14/h7-8,13-14,16H,2-6,9-12H2,1H3,(H,24,27)/t16-/m0/s1. The lowest BCUT2D eigenvalue weighted by Gasteiger charge is -2.40. The number of nitrogens with one attached hydrogen (secondary N) is 1. The second-order valence-corrected chi connectivity index (χ2v) is 10.8. The minimum absolute atomic E-state index is 0.0152. The topological polar surface area (TPSA) is 105 Å².